The number of fused-ring (bicyclic) bond motifs is 3. The third-order valence-corrected chi connectivity index (χ3v) is 5.18. The Morgan fingerprint density at radius 1 is 1.07 bits per heavy atom. The van der Waals surface area contributed by atoms with Crippen LogP contribution in [0.25, 0.3) is 11.1 Å². The first kappa shape index (κ1) is 21.4. The number of nitrogens with zero attached hydrogens (tertiary/aromatic N) is 1. The van der Waals surface area contributed by atoms with Gasteiger partial charge in [-0.1, -0.05) is 55.5 Å². The van der Waals surface area contributed by atoms with E-state index in [1.807, 2.05) is 43.3 Å². The number of alkyl carbamates (subject to hydrolysis) is 1. The Labute approximate surface area is 175 Å². The van der Waals surface area contributed by atoms with Crippen molar-refractivity contribution in [3.8, 4) is 11.1 Å². The predicted molar refractivity (Wildman–Crippen MR) is 112 cm³/mol. The molecule has 158 valence electrons. The van der Waals surface area contributed by atoms with Gasteiger partial charge in [-0.2, -0.15) is 0 Å². The standard InChI is InChI=1S/C23H26N2O5/c1-3-12-25(13-21(26)27)22(28)15(2)24-23(29)30-14-20-18-10-6-4-8-16(18)17-9-5-7-11-19(17)20/h4-11,15,20H,3,12-14H2,1-2H3,(H,24,29)(H,26,27). The van der Waals surface area contributed by atoms with Crippen LogP contribution in [0.1, 0.15) is 37.3 Å². The largest absolute Gasteiger partial charge is 0.480 e. The lowest BCUT2D eigenvalue weighted by molar-refractivity contribution is -0.145. The Balaban J connectivity index is 1.62. The number of hydrogen-bond donors (Lipinski definition) is 2. The lowest BCUT2D eigenvalue weighted by Gasteiger charge is -2.24. The third kappa shape index (κ3) is 4.62. The molecule has 7 nitrogen and oxygen atoms in total. The van der Waals surface area contributed by atoms with E-state index in [0.717, 1.165) is 22.3 Å². The maximum absolute atomic E-state index is 12.5. The summed E-state index contributed by atoms with van der Waals surface area (Å²) in [5.41, 5.74) is 4.47. The van der Waals surface area contributed by atoms with E-state index in [9.17, 15) is 14.4 Å². The van der Waals surface area contributed by atoms with Gasteiger partial charge in [0.05, 0.1) is 0 Å². The highest BCUT2D eigenvalue weighted by atomic mass is 16.5. The molecule has 0 aliphatic heterocycles. The van der Waals surface area contributed by atoms with Crippen LogP contribution in [0.3, 0.4) is 0 Å². The molecule has 2 aromatic rings. The summed E-state index contributed by atoms with van der Waals surface area (Å²) in [6.07, 6.45) is -0.0825. The van der Waals surface area contributed by atoms with Gasteiger partial charge in [-0.05, 0) is 35.6 Å². The van der Waals surface area contributed by atoms with Crippen molar-refractivity contribution in [2.24, 2.45) is 0 Å². The molecule has 30 heavy (non-hydrogen) atoms. The molecule has 0 spiro atoms. The highest BCUT2D eigenvalue weighted by molar-refractivity contribution is 5.87. The zero-order valence-electron chi connectivity index (χ0n) is 17.1. The highest BCUT2D eigenvalue weighted by Gasteiger charge is 2.30. The number of rotatable bonds is 8. The topological polar surface area (TPSA) is 95.9 Å². The van der Waals surface area contributed by atoms with E-state index in [-0.39, 0.29) is 12.5 Å². The number of aliphatic carboxylic acids is 1. The molecule has 1 atom stereocenters. The van der Waals surface area contributed by atoms with E-state index >= 15 is 0 Å². The Kier molecular flexibility index (Phi) is 6.72. The lowest BCUT2D eigenvalue weighted by atomic mass is 9.98. The van der Waals surface area contributed by atoms with Crippen LogP contribution in [0.4, 0.5) is 4.79 Å². The van der Waals surface area contributed by atoms with Crippen molar-refractivity contribution < 1.29 is 24.2 Å². The van der Waals surface area contributed by atoms with Gasteiger partial charge >= 0.3 is 12.1 Å². The van der Waals surface area contributed by atoms with Gasteiger partial charge in [-0.3, -0.25) is 9.59 Å². The van der Waals surface area contributed by atoms with Crippen LogP contribution in [-0.4, -0.2) is 53.7 Å². The van der Waals surface area contributed by atoms with Crippen molar-refractivity contribution in [1.82, 2.24) is 10.2 Å². The molecule has 3 rings (SSSR count). The summed E-state index contributed by atoms with van der Waals surface area (Å²) < 4.78 is 5.44. The Bertz CT molecular complexity index is 897. The van der Waals surface area contributed by atoms with Crippen LogP contribution in [0.5, 0.6) is 0 Å². The van der Waals surface area contributed by atoms with Gasteiger partial charge in [0.1, 0.15) is 19.2 Å². The number of ether oxygens (including phenoxy) is 1. The van der Waals surface area contributed by atoms with Gasteiger partial charge in [-0.25, -0.2) is 4.79 Å². The molecule has 0 saturated carbocycles. The summed E-state index contributed by atoms with van der Waals surface area (Å²) in [5, 5.41) is 11.5. The summed E-state index contributed by atoms with van der Waals surface area (Å²) in [7, 11) is 0. The monoisotopic (exact) mass is 410 g/mol. The first-order valence-corrected chi connectivity index (χ1v) is 10.0. The minimum absolute atomic E-state index is 0.0715. The Morgan fingerprint density at radius 3 is 2.17 bits per heavy atom. The van der Waals surface area contributed by atoms with E-state index in [0.29, 0.717) is 13.0 Å². The summed E-state index contributed by atoms with van der Waals surface area (Å²) in [4.78, 5) is 37.0. The number of carbonyl (C=O) groups excluding carboxylic acids is 2. The van der Waals surface area contributed by atoms with Crippen molar-refractivity contribution >= 4 is 18.0 Å². The Hall–Kier alpha value is -3.35. The molecule has 1 aliphatic rings. The van der Waals surface area contributed by atoms with Gasteiger partial charge in [0.15, 0.2) is 0 Å². The smallest absolute Gasteiger partial charge is 0.407 e. The number of carboxylic acid groups (broad SMARTS) is 1. The predicted octanol–water partition coefficient (Wildman–Crippen LogP) is 3.24. The second-order valence-corrected chi connectivity index (χ2v) is 7.35. The number of carboxylic acids is 1. The van der Waals surface area contributed by atoms with Crippen LogP contribution in [0.15, 0.2) is 48.5 Å². The van der Waals surface area contributed by atoms with E-state index in [4.69, 9.17) is 9.84 Å². The molecule has 1 unspecified atom stereocenters. The normalized spacial score (nSPS) is 13.1. The van der Waals surface area contributed by atoms with Crippen molar-refractivity contribution in [2.45, 2.75) is 32.2 Å². The quantitative estimate of drug-likeness (QED) is 0.697. The van der Waals surface area contributed by atoms with E-state index in [2.05, 4.69) is 17.4 Å². The van der Waals surface area contributed by atoms with E-state index in [1.165, 1.54) is 11.8 Å². The summed E-state index contributed by atoms with van der Waals surface area (Å²) in [6, 6.07) is 15.2. The molecule has 0 saturated heterocycles. The zero-order valence-corrected chi connectivity index (χ0v) is 17.1. The number of nitrogens with one attached hydrogen (secondary N) is 1. The van der Waals surface area contributed by atoms with Crippen LogP contribution in [0.2, 0.25) is 0 Å². The molecule has 1 aliphatic carbocycles. The van der Waals surface area contributed by atoms with Gasteiger partial charge in [0, 0.05) is 12.5 Å². The first-order chi connectivity index (χ1) is 14.4. The van der Waals surface area contributed by atoms with Gasteiger partial charge in [0.25, 0.3) is 0 Å². The van der Waals surface area contributed by atoms with Crippen molar-refractivity contribution in [1.29, 1.82) is 0 Å². The minimum Gasteiger partial charge on any atom is -0.480 e. The number of benzene rings is 2. The molecular weight excluding hydrogens is 384 g/mol. The molecule has 0 aromatic heterocycles. The molecular formula is C23H26N2O5. The van der Waals surface area contributed by atoms with Gasteiger partial charge < -0.3 is 20.1 Å². The molecule has 7 heteroatoms. The number of amides is 2. The van der Waals surface area contributed by atoms with Crippen LogP contribution in [0, 0.1) is 0 Å². The lowest BCUT2D eigenvalue weighted by Crippen LogP contribution is -2.48. The second-order valence-electron chi connectivity index (χ2n) is 7.35. The minimum atomic E-state index is -1.09. The summed E-state index contributed by atoms with van der Waals surface area (Å²) in [6.45, 7) is 3.43. The van der Waals surface area contributed by atoms with Crippen LogP contribution >= 0.6 is 0 Å². The van der Waals surface area contributed by atoms with Gasteiger partial charge in [0.2, 0.25) is 5.91 Å². The molecule has 2 amide bonds. The van der Waals surface area contributed by atoms with E-state index in [1.54, 1.807) is 0 Å². The van der Waals surface area contributed by atoms with E-state index < -0.39 is 30.6 Å². The second kappa shape index (κ2) is 9.43. The fraction of sp³-hybridized carbons (Fsp3) is 0.348. The average Bonchev–Trinajstić information content (AvgIpc) is 3.05. The van der Waals surface area contributed by atoms with Crippen molar-refractivity contribution in [3.63, 3.8) is 0 Å². The molecule has 0 bridgehead atoms. The van der Waals surface area contributed by atoms with Crippen LogP contribution < -0.4 is 5.32 Å². The number of hydrogen-bond acceptors (Lipinski definition) is 4. The molecule has 2 N–H and O–H groups in total. The summed E-state index contributed by atoms with van der Waals surface area (Å²) >= 11 is 0. The maximum atomic E-state index is 12.5. The fourth-order valence-corrected chi connectivity index (χ4v) is 3.85. The van der Waals surface area contributed by atoms with Gasteiger partial charge in [-0.15, -0.1) is 0 Å². The average molecular weight is 410 g/mol. The first-order valence-electron chi connectivity index (χ1n) is 10.0. The fourth-order valence-electron chi connectivity index (χ4n) is 3.85. The Morgan fingerprint density at radius 2 is 1.63 bits per heavy atom. The summed E-state index contributed by atoms with van der Waals surface area (Å²) in [5.74, 6) is -1.62. The zero-order chi connectivity index (χ0) is 21.7. The molecule has 0 heterocycles. The molecule has 0 fully saturated rings. The molecule has 2 aromatic carbocycles. The van der Waals surface area contributed by atoms with Crippen molar-refractivity contribution in [3.05, 3.63) is 59.7 Å². The maximum Gasteiger partial charge on any atom is 0.407 e. The number of carbonyl (C=O) groups is 3. The third-order valence-electron chi connectivity index (χ3n) is 5.18. The van der Waals surface area contributed by atoms with Crippen molar-refractivity contribution in [2.75, 3.05) is 19.7 Å². The van der Waals surface area contributed by atoms with Crippen LogP contribution in [-0.2, 0) is 14.3 Å². The molecule has 0 radical (unpaired) electrons. The SMILES string of the molecule is CCCN(CC(=O)O)C(=O)C(C)NC(=O)OCC1c2ccccc2-c2ccccc21. The highest BCUT2D eigenvalue weighted by Crippen LogP contribution is 2.44.